The Morgan fingerprint density at radius 2 is 1.78 bits per heavy atom. The summed E-state index contributed by atoms with van der Waals surface area (Å²) in [7, 11) is 0. The second-order valence-electron chi connectivity index (χ2n) is 3.77. The molecule has 4 N–H and O–H groups in total. The van der Waals surface area contributed by atoms with E-state index >= 15 is 0 Å². The summed E-state index contributed by atoms with van der Waals surface area (Å²) in [6, 6.07) is 9.26. The van der Waals surface area contributed by atoms with Crippen LogP contribution in [0.5, 0.6) is 0 Å². The van der Waals surface area contributed by atoms with E-state index in [1.165, 1.54) is 12.1 Å². The number of non-ortho nitro benzene ring substituents is 1. The maximum Gasteiger partial charge on any atom is 0.270 e. The van der Waals surface area contributed by atoms with Gasteiger partial charge in [0, 0.05) is 34.6 Å². The maximum absolute atomic E-state index is 10.6. The number of benzene rings is 2. The number of nitro benzene ring substituents is 1. The molecule has 0 saturated heterocycles. The van der Waals surface area contributed by atoms with Crippen LogP contribution in [-0.4, -0.2) is 4.92 Å². The average Bonchev–Trinajstić information content (AvgIpc) is 2.32. The summed E-state index contributed by atoms with van der Waals surface area (Å²) >= 11 is 6.03. The van der Waals surface area contributed by atoms with Gasteiger partial charge in [0.15, 0.2) is 0 Å². The van der Waals surface area contributed by atoms with Gasteiger partial charge in [0.05, 0.1) is 9.95 Å². The van der Waals surface area contributed by atoms with Gasteiger partial charge in [0.25, 0.3) is 5.69 Å². The maximum atomic E-state index is 10.6. The zero-order valence-corrected chi connectivity index (χ0v) is 10.0. The molecule has 0 aliphatic rings. The summed E-state index contributed by atoms with van der Waals surface area (Å²) in [6.07, 6.45) is 0. The molecule has 2 rings (SSSR count). The van der Waals surface area contributed by atoms with Crippen molar-refractivity contribution in [2.45, 2.75) is 0 Å². The van der Waals surface area contributed by atoms with Crippen LogP contribution in [0.2, 0.25) is 5.02 Å². The normalized spacial score (nSPS) is 10.3. The molecule has 0 radical (unpaired) electrons. The predicted molar refractivity (Wildman–Crippen MR) is 72.4 cm³/mol. The highest BCUT2D eigenvalue weighted by Gasteiger charge is 2.12. The molecule has 0 atom stereocenters. The van der Waals surface area contributed by atoms with Gasteiger partial charge in [-0.25, -0.2) is 0 Å². The minimum absolute atomic E-state index is 0.0637. The first kappa shape index (κ1) is 12.2. The highest BCUT2D eigenvalue weighted by atomic mass is 35.5. The Morgan fingerprint density at radius 1 is 1.06 bits per heavy atom. The number of hydrogen-bond donors (Lipinski definition) is 2. The molecule has 2 aromatic rings. The lowest BCUT2D eigenvalue weighted by Gasteiger charge is -2.08. The standard InChI is InChI=1S/C12H10ClN3O2/c13-11-6-8(16(17)18)2-3-9(11)10-5-7(14)1-4-12(10)15/h1-6H,14-15H2. The highest BCUT2D eigenvalue weighted by molar-refractivity contribution is 6.33. The Bertz CT molecular complexity index is 629. The van der Waals surface area contributed by atoms with Crippen LogP contribution in [0.25, 0.3) is 11.1 Å². The molecule has 0 aromatic heterocycles. The molecule has 0 amide bonds. The fraction of sp³-hybridized carbons (Fsp3) is 0. The van der Waals surface area contributed by atoms with Crippen molar-refractivity contribution in [2.75, 3.05) is 11.5 Å². The van der Waals surface area contributed by atoms with Gasteiger partial charge in [-0.05, 0) is 24.3 Å². The van der Waals surface area contributed by atoms with Gasteiger partial charge < -0.3 is 11.5 Å². The fourth-order valence-electron chi connectivity index (χ4n) is 1.64. The fourth-order valence-corrected chi connectivity index (χ4v) is 1.92. The van der Waals surface area contributed by atoms with Gasteiger partial charge in [-0.1, -0.05) is 11.6 Å². The molecule has 0 unspecified atom stereocenters. The van der Waals surface area contributed by atoms with Crippen LogP contribution < -0.4 is 11.5 Å². The van der Waals surface area contributed by atoms with Crippen molar-refractivity contribution in [1.29, 1.82) is 0 Å². The largest absolute Gasteiger partial charge is 0.399 e. The summed E-state index contributed by atoms with van der Waals surface area (Å²) in [5.41, 5.74) is 13.8. The topological polar surface area (TPSA) is 95.2 Å². The van der Waals surface area contributed by atoms with E-state index < -0.39 is 4.92 Å². The Kier molecular flexibility index (Phi) is 3.08. The SMILES string of the molecule is Nc1ccc(N)c(-c2ccc([N+](=O)[O-])cc2Cl)c1. The quantitative estimate of drug-likeness (QED) is 0.494. The van der Waals surface area contributed by atoms with Gasteiger partial charge in [-0.15, -0.1) is 0 Å². The van der Waals surface area contributed by atoms with Crippen LogP contribution in [0.1, 0.15) is 0 Å². The molecule has 18 heavy (non-hydrogen) atoms. The van der Waals surface area contributed by atoms with Crippen molar-refractivity contribution < 1.29 is 4.92 Å². The molecule has 0 fully saturated rings. The van der Waals surface area contributed by atoms with E-state index in [0.29, 0.717) is 22.5 Å². The van der Waals surface area contributed by atoms with Crippen LogP contribution >= 0.6 is 11.6 Å². The van der Waals surface area contributed by atoms with Gasteiger partial charge >= 0.3 is 0 Å². The summed E-state index contributed by atoms with van der Waals surface area (Å²) in [6.45, 7) is 0. The third kappa shape index (κ3) is 2.21. The van der Waals surface area contributed by atoms with Crippen LogP contribution in [0.3, 0.4) is 0 Å². The molecular weight excluding hydrogens is 254 g/mol. The number of nitrogen functional groups attached to an aromatic ring is 2. The van der Waals surface area contributed by atoms with E-state index in [0.717, 1.165) is 0 Å². The van der Waals surface area contributed by atoms with E-state index in [1.807, 2.05) is 0 Å². The summed E-state index contributed by atoms with van der Waals surface area (Å²) < 4.78 is 0. The number of nitro groups is 1. The first-order valence-electron chi connectivity index (χ1n) is 5.08. The molecular formula is C12H10ClN3O2. The first-order chi connectivity index (χ1) is 8.49. The van der Waals surface area contributed by atoms with Crippen LogP contribution in [0.4, 0.5) is 17.1 Å². The zero-order valence-electron chi connectivity index (χ0n) is 9.26. The Labute approximate surface area is 108 Å². The van der Waals surface area contributed by atoms with E-state index in [1.54, 1.807) is 24.3 Å². The van der Waals surface area contributed by atoms with Gasteiger partial charge in [0.2, 0.25) is 0 Å². The Hall–Kier alpha value is -2.27. The van der Waals surface area contributed by atoms with Crippen LogP contribution in [-0.2, 0) is 0 Å². The number of rotatable bonds is 2. The first-order valence-corrected chi connectivity index (χ1v) is 5.46. The molecule has 5 nitrogen and oxygen atoms in total. The molecule has 0 saturated carbocycles. The lowest BCUT2D eigenvalue weighted by Crippen LogP contribution is -1.94. The minimum Gasteiger partial charge on any atom is -0.399 e. The minimum atomic E-state index is -0.502. The van der Waals surface area contributed by atoms with Gasteiger partial charge in [-0.3, -0.25) is 10.1 Å². The molecule has 0 spiro atoms. The molecule has 6 heteroatoms. The highest BCUT2D eigenvalue weighted by Crippen LogP contribution is 2.35. The van der Waals surface area contributed by atoms with E-state index in [9.17, 15) is 10.1 Å². The number of halogens is 1. The van der Waals surface area contributed by atoms with Gasteiger partial charge in [0.1, 0.15) is 0 Å². The summed E-state index contributed by atoms with van der Waals surface area (Å²) in [5.74, 6) is 0. The Balaban J connectivity index is 2.58. The number of hydrogen-bond acceptors (Lipinski definition) is 4. The van der Waals surface area contributed by atoms with Crippen molar-refractivity contribution in [2.24, 2.45) is 0 Å². The van der Waals surface area contributed by atoms with Crippen LogP contribution in [0, 0.1) is 10.1 Å². The van der Waals surface area contributed by atoms with E-state index in [2.05, 4.69) is 0 Å². The van der Waals surface area contributed by atoms with Crippen LogP contribution in [0.15, 0.2) is 36.4 Å². The third-order valence-corrected chi connectivity index (χ3v) is 2.84. The number of anilines is 2. The molecule has 92 valence electrons. The molecule has 0 bridgehead atoms. The number of nitrogens with zero attached hydrogens (tertiary/aromatic N) is 1. The van der Waals surface area contributed by atoms with Crippen molar-refractivity contribution in [1.82, 2.24) is 0 Å². The molecule has 0 heterocycles. The summed E-state index contributed by atoms with van der Waals surface area (Å²) in [4.78, 5) is 10.1. The zero-order chi connectivity index (χ0) is 13.3. The van der Waals surface area contributed by atoms with Crippen molar-refractivity contribution in [3.8, 4) is 11.1 Å². The second-order valence-corrected chi connectivity index (χ2v) is 4.18. The monoisotopic (exact) mass is 263 g/mol. The van der Waals surface area contributed by atoms with Crippen molar-refractivity contribution >= 4 is 28.7 Å². The smallest absolute Gasteiger partial charge is 0.270 e. The third-order valence-electron chi connectivity index (χ3n) is 2.53. The van der Waals surface area contributed by atoms with E-state index in [4.69, 9.17) is 23.1 Å². The Morgan fingerprint density at radius 3 is 2.39 bits per heavy atom. The average molecular weight is 264 g/mol. The predicted octanol–water partition coefficient (Wildman–Crippen LogP) is 3.08. The van der Waals surface area contributed by atoms with E-state index in [-0.39, 0.29) is 10.7 Å². The number of nitrogens with two attached hydrogens (primary N) is 2. The lowest BCUT2D eigenvalue weighted by atomic mass is 10.0. The molecule has 0 aliphatic heterocycles. The summed E-state index contributed by atoms with van der Waals surface area (Å²) in [5, 5.41) is 10.9. The van der Waals surface area contributed by atoms with Gasteiger partial charge in [-0.2, -0.15) is 0 Å². The molecule has 2 aromatic carbocycles. The molecule has 0 aliphatic carbocycles. The van der Waals surface area contributed by atoms with Crippen molar-refractivity contribution in [3.63, 3.8) is 0 Å². The second kappa shape index (κ2) is 4.54. The lowest BCUT2D eigenvalue weighted by molar-refractivity contribution is -0.384. The van der Waals surface area contributed by atoms with Crippen molar-refractivity contribution in [3.05, 3.63) is 51.5 Å².